The molecule has 0 bridgehead atoms. The van der Waals surface area contributed by atoms with Gasteiger partial charge >= 0.3 is 6.09 Å². The van der Waals surface area contributed by atoms with E-state index in [9.17, 15) is 9.59 Å². The van der Waals surface area contributed by atoms with Gasteiger partial charge in [0, 0.05) is 32.7 Å². The number of amides is 2. The van der Waals surface area contributed by atoms with Crippen molar-refractivity contribution in [2.75, 3.05) is 26.7 Å². The van der Waals surface area contributed by atoms with Gasteiger partial charge in [-0.25, -0.2) is 4.79 Å². The Kier molecular flexibility index (Phi) is 6.66. The highest BCUT2D eigenvalue weighted by molar-refractivity contribution is 5.81. The van der Waals surface area contributed by atoms with Gasteiger partial charge in [0.05, 0.1) is 6.04 Å². The molecule has 1 heterocycles. The van der Waals surface area contributed by atoms with Crippen molar-refractivity contribution < 1.29 is 14.3 Å². The topological polar surface area (TPSA) is 61.9 Å². The molecule has 0 aromatic carbocycles. The quantitative estimate of drug-likeness (QED) is 0.860. The van der Waals surface area contributed by atoms with Crippen LogP contribution in [0.15, 0.2) is 0 Å². The molecule has 6 nitrogen and oxygen atoms in total. The monoisotopic (exact) mass is 313 g/mol. The maximum Gasteiger partial charge on any atom is 0.410 e. The van der Waals surface area contributed by atoms with Gasteiger partial charge in [-0.2, -0.15) is 0 Å². The van der Waals surface area contributed by atoms with Gasteiger partial charge in [-0.05, 0) is 47.5 Å². The van der Waals surface area contributed by atoms with Gasteiger partial charge in [-0.1, -0.05) is 0 Å². The average Bonchev–Trinajstić information content (AvgIpc) is 2.44. The van der Waals surface area contributed by atoms with Crippen LogP contribution in [0, 0.1) is 0 Å². The lowest BCUT2D eigenvalue weighted by Gasteiger charge is -2.35. The summed E-state index contributed by atoms with van der Waals surface area (Å²) in [5, 5.41) is 3.37. The summed E-state index contributed by atoms with van der Waals surface area (Å²) in [4.78, 5) is 27.5. The Morgan fingerprint density at radius 3 is 2.32 bits per heavy atom. The van der Waals surface area contributed by atoms with Gasteiger partial charge < -0.3 is 19.9 Å². The molecule has 1 aliphatic heterocycles. The summed E-state index contributed by atoms with van der Waals surface area (Å²) >= 11 is 0. The van der Waals surface area contributed by atoms with Gasteiger partial charge in [-0.15, -0.1) is 0 Å². The van der Waals surface area contributed by atoms with Gasteiger partial charge in [0.25, 0.3) is 0 Å². The molecule has 6 heteroatoms. The molecule has 0 radical (unpaired) electrons. The minimum absolute atomic E-state index is 0.108. The van der Waals surface area contributed by atoms with E-state index in [1.54, 1.807) is 9.80 Å². The van der Waals surface area contributed by atoms with Crippen LogP contribution in [0.3, 0.4) is 0 Å². The van der Waals surface area contributed by atoms with Crippen LogP contribution >= 0.6 is 0 Å². The van der Waals surface area contributed by atoms with E-state index >= 15 is 0 Å². The fourth-order valence-electron chi connectivity index (χ4n) is 2.47. The molecule has 0 aromatic rings. The Morgan fingerprint density at radius 1 is 1.32 bits per heavy atom. The van der Waals surface area contributed by atoms with Crippen molar-refractivity contribution in [2.45, 2.75) is 65.1 Å². The summed E-state index contributed by atoms with van der Waals surface area (Å²) in [7, 11) is 1.81. The molecule has 2 amide bonds. The zero-order valence-electron chi connectivity index (χ0n) is 14.8. The fraction of sp³-hybridized carbons (Fsp3) is 0.875. The van der Waals surface area contributed by atoms with Gasteiger partial charge in [-0.3, -0.25) is 4.79 Å². The molecule has 0 saturated carbocycles. The third kappa shape index (κ3) is 5.83. The third-order valence-electron chi connectivity index (χ3n) is 3.85. The highest BCUT2D eigenvalue weighted by Crippen LogP contribution is 2.16. The Labute approximate surface area is 134 Å². The normalized spacial score (nSPS) is 18.0. The standard InChI is InChI=1S/C16H31N3O3/c1-7-18(6)14(20)12(2)17-13-8-10-19(11-9-13)15(21)22-16(3,4)5/h12-13,17H,7-11H2,1-6H3. The molecule has 0 aromatic heterocycles. The first-order valence-corrected chi connectivity index (χ1v) is 8.13. The second-order valence-corrected chi connectivity index (χ2v) is 6.98. The Bertz CT molecular complexity index is 385. The highest BCUT2D eigenvalue weighted by atomic mass is 16.6. The minimum Gasteiger partial charge on any atom is -0.444 e. The number of nitrogens with zero attached hydrogens (tertiary/aromatic N) is 2. The van der Waals surface area contributed by atoms with E-state index in [4.69, 9.17) is 4.74 Å². The van der Waals surface area contributed by atoms with Gasteiger partial charge in [0.2, 0.25) is 5.91 Å². The van der Waals surface area contributed by atoms with E-state index in [2.05, 4.69) is 5.32 Å². The number of carbonyl (C=O) groups excluding carboxylic acids is 2. The van der Waals surface area contributed by atoms with Crippen LogP contribution in [0.4, 0.5) is 4.79 Å². The van der Waals surface area contributed by atoms with Crippen LogP contribution in [-0.2, 0) is 9.53 Å². The van der Waals surface area contributed by atoms with E-state index in [-0.39, 0.29) is 24.1 Å². The van der Waals surface area contributed by atoms with Gasteiger partial charge in [0.15, 0.2) is 0 Å². The van der Waals surface area contributed by atoms with Crippen LogP contribution in [0.5, 0.6) is 0 Å². The maximum absolute atomic E-state index is 12.1. The molecule has 1 saturated heterocycles. The molecule has 0 spiro atoms. The number of hydrogen-bond acceptors (Lipinski definition) is 4. The van der Waals surface area contributed by atoms with Crippen LogP contribution in [0.2, 0.25) is 0 Å². The van der Waals surface area contributed by atoms with Crippen molar-refractivity contribution in [2.24, 2.45) is 0 Å². The van der Waals surface area contributed by atoms with E-state index in [0.29, 0.717) is 19.6 Å². The van der Waals surface area contributed by atoms with Crippen LogP contribution in [-0.4, -0.2) is 66.2 Å². The molecule has 1 unspecified atom stereocenters. The number of likely N-dealkylation sites (N-methyl/N-ethyl adjacent to an activating group) is 1. The molecule has 128 valence electrons. The molecule has 22 heavy (non-hydrogen) atoms. The summed E-state index contributed by atoms with van der Waals surface area (Å²) < 4.78 is 5.38. The second-order valence-electron chi connectivity index (χ2n) is 6.98. The van der Waals surface area contributed by atoms with Crippen LogP contribution in [0.1, 0.15) is 47.5 Å². The first kappa shape index (κ1) is 18.7. The van der Waals surface area contributed by atoms with E-state index in [0.717, 1.165) is 12.8 Å². The number of ether oxygens (including phenoxy) is 1. The van der Waals surface area contributed by atoms with Crippen molar-refractivity contribution in [3.05, 3.63) is 0 Å². The minimum atomic E-state index is -0.460. The predicted octanol–water partition coefficient (Wildman–Crippen LogP) is 1.84. The number of nitrogens with one attached hydrogen (secondary N) is 1. The lowest BCUT2D eigenvalue weighted by molar-refractivity contribution is -0.131. The summed E-state index contributed by atoms with van der Waals surface area (Å²) in [5.41, 5.74) is -0.460. The maximum atomic E-state index is 12.1. The van der Waals surface area contributed by atoms with Gasteiger partial charge in [0.1, 0.15) is 5.60 Å². The van der Waals surface area contributed by atoms with E-state index < -0.39 is 5.60 Å². The number of carbonyl (C=O) groups is 2. The summed E-state index contributed by atoms with van der Waals surface area (Å²) in [6.07, 6.45) is 1.43. The molecule has 1 atom stereocenters. The first-order valence-electron chi connectivity index (χ1n) is 8.13. The molecular formula is C16H31N3O3. The predicted molar refractivity (Wildman–Crippen MR) is 86.7 cm³/mol. The first-order chi connectivity index (χ1) is 10.1. The molecule has 1 N–H and O–H groups in total. The smallest absolute Gasteiger partial charge is 0.410 e. The Hall–Kier alpha value is -1.30. The zero-order chi connectivity index (χ0) is 16.9. The molecule has 1 aliphatic rings. The fourth-order valence-corrected chi connectivity index (χ4v) is 2.47. The number of likely N-dealkylation sites (tertiary alicyclic amines) is 1. The van der Waals surface area contributed by atoms with Crippen molar-refractivity contribution in [3.8, 4) is 0 Å². The molecular weight excluding hydrogens is 282 g/mol. The van der Waals surface area contributed by atoms with E-state index in [1.165, 1.54) is 0 Å². The highest BCUT2D eigenvalue weighted by Gasteiger charge is 2.28. The lowest BCUT2D eigenvalue weighted by Crippen LogP contribution is -2.51. The summed E-state index contributed by atoms with van der Waals surface area (Å²) in [6, 6.07) is 0.0749. The number of rotatable bonds is 4. The van der Waals surface area contributed by atoms with Crippen molar-refractivity contribution >= 4 is 12.0 Å². The van der Waals surface area contributed by atoms with Crippen molar-refractivity contribution in [1.29, 1.82) is 0 Å². The van der Waals surface area contributed by atoms with E-state index in [1.807, 2.05) is 41.7 Å². The third-order valence-corrected chi connectivity index (χ3v) is 3.85. The van der Waals surface area contributed by atoms with Crippen LogP contribution in [0.25, 0.3) is 0 Å². The molecule has 1 rings (SSSR count). The average molecular weight is 313 g/mol. The van der Waals surface area contributed by atoms with Crippen molar-refractivity contribution in [1.82, 2.24) is 15.1 Å². The molecule has 1 fully saturated rings. The SMILES string of the molecule is CCN(C)C(=O)C(C)NC1CCN(C(=O)OC(C)(C)C)CC1. The number of hydrogen-bond donors (Lipinski definition) is 1. The largest absolute Gasteiger partial charge is 0.444 e. The molecule has 0 aliphatic carbocycles. The zero-order valence-corrected chi connectivity index (χ0v) is 14.8. The second kappa shape index (κ2) is 7.81. The van der Waals surface area contributed by atoms with Crippen molar-refractivity contribution in [3.63, 3.8) is 0 Å². The summed E-state index contributed by atoms with van der Waals surface area (Å²) in [5.74, 6) is 0.108. The van der Waals surface area contributed by atoms with Crippen LogP contribution < -0.4 is 5.32 Å². The Morgan fingerprint density at radius 2 is 1.86 bits per heavy atom. The Balaban J connectivity index is 2.39. The lowest BCUT2D eigenvalue weighted by atomic mass is 10.0. The summed E-state index contributed by atoms with van der Waals surface area (Å²) in [6.45, 7) is 11.5. The number of piperidine rings is 1.